The van der Waals surface area contributed by atoms with Gasteiger partial charge in [0.2, 0.25) is 0 Å². The van der Waals surface area contributed by atoms with Crippen molar-refractivity contribution < 1.29 is 9.59 Å². The molecule has 5 heteroatoms. The maximum Gasteiger partial charge on any atom is 0.319 e. The number of anilines is 1. The first kappa shape index (κ1) is 12.4. The Morgan fingerprint density at radius 3 is 2.50 bits per heavy atom. The van der Waals surface area contributed by atoms with Crippen LogP contribution in [-0.2, 0) is 0 Å². The van der Waals surface area contributed by atoms with Crippen LogP contribution in [0.2, 0.25) is 0 Å². The minimum atomic E-state index is -0.549. The molecule has 0 atom stereocenters. The molecule has 0 unspecified atom stereocenters. The second kappa shape index (κ2) is 5.53. The fraction of sp³-hybridized carbons (Fsp3) is 0.385. The Balaban J connectivity index is 2.00. The molecule has 1 aromatic rings. The quantitative estimate of drug-likeness (QED) is 0.761. The van der Waals surface area contributed by atoms with Crippen molar-refractivity contribution >= 4 is 17.6 Å². The highest BCUT2D eigenvalue weighted by molar-refractivity contribution is 6.02. The van der Waals surface area contributed by atoms with Crippen LogP contribution >= 0.6 is 0 Å². The average molecular weight is 247 g/mol. The van der Waals surface area contributed by atoms with Gasteiger partial charge in [-0.05, 0) is 25.0 Å². The molecule has 1 aliphatic carbocycles. The van der Waals surface area contributed by atoms with Gasteiger partial charge in [-0.3, -0.25) is 4.79 Å². The number of nitrogens with two attached hydrogens (primary N) is 1. The number of para-hydroxylation sites is 1. The van der Waals surface area contributed by atoms with Crippen LogP contribution in [-0.4, -0.2) is 18.0 Å². The van der Waals surface area contributed by atoms with Gasteiger partial charge in [-0.25, -0.2) is 4.79 Å². The van der Waals surface area contributed by atoms with Gasteiger partial charge < -0.3 is 16.4 Å². The van der Waals surface area contributed by atoms with E-state index in [0.717, 1.165) is 25.7 Å². The van der Waals surface area contributed by atoms with Gasteiger partial charge in [-0.2, -0.15) is 0 Å². The van der Waals surface area contributed by atoms with Gasteiger partial charge in [0, 0.05) is 6.04 Å². The van der Waals surface area contributed by atoms with E-state index in [2.05, 4.69) is 10.6 Å². The first-order valence-corrected chi connectivity index (χ1v) is 6.13. The monoisotopic (exact) mass is 247 g/mol. The van der Waals surface area contributed by atoms with Crippen LogP contribution in [0.25, 0.3) is 0 Å². The van der Waals surface area contributed by atoms with Crippen molar-refractivity contribution in [1.82, 2.24) is 5.32 Å². The lowest BCUT2D eigenvalue weighted by Gasteiger charge is -2.14. The fourth-order valence-corrected chi connectivity index (χ4v) is 2.22. The highest BCUT2D eigenvalue weighted by Crippen LogP contribution is 2.18. The third-order valence-corrected chi connectivity index (χ3v) is 3.13. The van der Waals surface area contributed by atoms with E-state index in [1.807, 2.05) is 0 Å². The normalized spacial score (nSPS) is 15.3. The van der Waals surface area contributed by atoms with Crippen molar-refractivity contribution in [3.63, 3.8) is 0 Å². The Bertz CT molecular complexity index is 453. The van der Waals surface area contributed by atoms with Gasteiger partial charge in [0.25, 0.3) is 5.91 Å². The highest BCUT2D eigenvalue weighted by atomic mass is 16.2. The molecule has 18 heavy (non-hydrogen) atoms. The van der Waals surface area contributed by atoms with Crippen LogP contribution < -0.4 is 16.4 Å². The first-order valence-electron chi connectivity index (χ1n) is 6.13. The van der Waals surface area contributed by atoms with Crippen LogP contribution in [0.3, 0.4) is 0 Å². The molecule has 0 heterocycles. The lowest BCUT2D eigenvalue weighted by molar-refractivity contribution is 0.100. The molecule has 0 spiro atoms. The molecule has 0 radical (unpaired) electrons. The van der Waals surface area contributed by atoms with Crippen molar-refractivity contribution in [2.75, 3.05) is 5.32 Å². The van der Waals surface area contributed by atoms with Crippen molar-refractivity contribution in [1.29, 1.82) is 0 Å². The fourth-order valence-electron chi connectivity index (χ4n) is 2.22. The molecular formula is C13H17N3O2. The summed E-state index contributed by atoms with van der Waals surface area (Å²) in [6.45, 7) is 0. The Hall–Kier alpha value is -2.04. The molecule has 1 fully saturated rings. The standard InChI is InChI=1S/C13H17N3O2/c14-12(17)10-7-3-4-8-11(10)16-13(18)15-9-5-1-2-6-9/h3-4,7-9H,1-2,5-6H2,(H2,14,17)(H2,15,16,18). The van der Waals surface area contributed by atoms with Crippen molar-refractivity contribution in [3.8, 4) is 0 Å². The summed E-state index contributed by atoms with van der Waals surface area (Å²) in [6, 6.07) is 6.67. The predicted octanol–water partition coefficient (Wildman–Crippen LogP) is 1.85. The van der Waals surface area contributed by atoms with Crippen molar-refractivity contribution in [2.45, 2.75) is 31.7 Å². The zero-order valence-electron chi connectivity index (χ0n) is 10.1. The Labute approximate surface area is 106 Å². The van der Waals surface area contributed by atoms with Gasteiger partial charge in [0.05, 0.1) is 11.3 Å². The second-order valence-electron chi connectivity index (χ2n) is 4.49. The highest BCUT2D eigenvalue weighted by Gasteiger charge is 2.17. The Morgan fingerprint density at radius 2 is 1.83 bits per heavy atom. The molecule has 0 aliphatic heterocycles. The molecule has 1 saturated carbocycles. The lowest BCUT2D eigenvalue weighted by atomic mass is 10.1. The van der Waals surface area contributed by atoms with E-state index in [-0.39, 0.29) is 12.1 Å². The van der Waals surface area contributed by atoms with Crippen LogP contribution in [0.15, 0.2) is 24.3 Å². The van der Waals surface area contributed by atoms with E-state index in [1.54, 1.807) is 24.3 Å². The van der Waals surface area contributed by atoms with Crippen LogP contribution in [0.4, 0.5) is 10.5 Å². The summed E-state index contributed by atoms with van der Waals surface area (Å²) in [5.74, 6) is -0.549. The maximum absolute atomic E-state index is 11.8. The van der Waals surface area contributed by atoms with E-state index in [4.69, 9.17) is 5.73 Å². The number of rotatable bonds is 3. The van der Waals surface area contributed by atoms with E-state index >= 15 is 0 Å². The predicted molar refractivity (Wildman–Crippen MR) is 69.4 cm³/mol. The van der Waals surface area contributed by atoms with Gasteiger partial charge in [0.1, 0.15) is 0 Å². The number of hydrogen-bond acceptors (Lipinski definition) is 2. The number of benzene rings is 1. The molecule has 3 amide bonds. The molecular weight excluding hydrogens is 230 g/mol. The second-order valence-corrected chi connectivity index (χ2v) is 4.49. The smallest absolute Gasteiger partial charge is 0.319 e. The van der Waals surface area contributed by atoms with Crippen molar-refractivity contribution in [3.05, 3.63) is 29.8 Å². The first-order chi connectivity index (χ1) is 8.66. The van der Waals surface area contributed by atoms with E-state index in [0.29, 0.717) is 11.3 Å². The van der Waals surface area contributed by atoms with E-state index < -0.39 is 5.91 Å². The molecule has 96 valence electrons. The van der Waals surface area contributed by atoms with Crippen LogP contribution in [0, 0.1) is 0 Å². The summed E-state index contributed by atoms with van der Waals surface area (Å²) in [5, 5.41) is 5.56. The average Bonchev–Trinajstić information content (AvgIpc) is 2.82. The lowest BCUT2D eigenvalue weighted by Crippen LogP contribution is -2.36. The SMILES string of the molecule is NC(=O)c1ccccc1NC(=O)NC1CCCC1. The number of hydrogen-bond donors (Lipinski definition) is 3. The van der Waals surface area contributed by atoms with Gasteiger partial charge in [-0.1, -0.05) is 25.0 Å². The molecule has 0 saturated heterocycles. The van der Waals surface area contributed by atoms with Crippen LogP contribution in [0.5, 0.6) is 0 Å². The molecule has 1 aromatic carbocycles. The zero-order valence-corrected chi connectivity index (χ0v) is 10.1. The number of primary amides is 1. The molecule has 5 nitrogen and oxygen atoms in total. The third kappa shape index (κ3) is 3.00. The molecule has 0 bridgehead atoms. The Kier molecular flexibility index (Phi) is 3.82. The van der Waals surface area contributed by atoms with Crippen molar-refractivity contribution in [2.24, 2.45) is 5.73 Å². The molecule has 1 aliphatic rings. The van der Waals surface area contributed by atoms with Gasteiger partial charge >= 0.3 is 6.03 Å². The number of amides is 3. The van der Waals surface area contributed by atoms with Gasteiger partial charge in [0.15, 0.2) is 0 Å². The zero-order chi connectivity index (χ0) is 13.0. The summed E-state index contributed by atoms with van der Waals surface area (Å²) < 4.78 is 0. The van der Waals surface area contributed by atoms with E-state index in [9.17, 15) is 9.59 Å². The number of nitrogens with one attached hydrogen (secondary N) is 2. The van der Waals surface area contributed by atoms with E-state index in [1.165, 1.54) is 0 Å². The molecule has 0 aromatic heterocycles. The minimum absolute atomic E-state index is 0.241. The molecule has 4 N–H and O–H groups in total. The number of urea groups is 1. The third-order valence-electron chi connectivity index (χ3n) is 3.13. The summed E-state index contributed by atoms with van der Waals surface area (Å²) in [7, 11) is 0. The van der Waals surface area contributed by atoms with Gasteiger partial charge in [-0.15, -0.1) is 0 Å². The summed E-state index contributed by atoms with van der Waals surface area (Å²) in [4.78, 5) is 23.0. The largest absolute Gasteiger partial charge is 0.366 e. The topological polar surface area (TPSA) is 84.2 Å². The summed E-state index contributed by atoms with van der Waals surface area (Å²) >= 11 is 0. The van der Waals surface area contributed by atoms with Crippen LogP contribution in [0.1, 0.15) is 36.0 Å². The summed E-state index contributed by atoms with van der Waals surface area (Å²) in [6.07, 6.45) is 4.35. The number of carbonyl (C=O) groups is 2. The summed E-state index contributed by atoms with van der Waals surface area (Å²) in [5.41, 5.74) is 6.01. The number of carbonyl (C=O) groups excluding carboxylic acids is 2. The Morgan fingerprint density at radius 1 is 1.17 bits per heavy atom. The minimum Gasteiger partial charge on any atom is -0.366 e. The molecule has 2 rings (SSSR count). The maximum atomic E-state index is 11.8.